The van der Waals surface area contributed by atoms with Crippen molar-refractivity contribution in [3.8, 4) is 0 Å². The third kappa shape index (κ3) is 6.99. The number of rotatable bonds is 6. The van der Waals surface area contributed by atoms with Gasteiger partial charge < -0.3 is 16.0 Å². The van der Waals surface area contributed by atoms with Crippen molar-refractivity contribution in [1.82, 2.24) is 20.9 Å². The molecule has 0 aliphatic carbocycles. The highest BCUT2D eigenvalue weighted by atomic mass is 127. The number of nitrogens with one attached hydrogen (secondary N) is 3. The Morgan fingerprint density at radius 2 is 1.92 bits per heavy atom. The lowest BCUT2D eigenvalue weighted by Crippen LogP contribution is -2.38. The van der Waals surface area contributed by atoms with E-state index in [1.807, 2.05) is 49.4 Å². The molecule has 1 aromatic heterocycles. The highest BCUT2D eigenvalue weighted by molar-refractivity contribution is 14.0. The molecular weight excluding hydrogens is 441 g/mol. The molecule has 0 unspecified atom stereocenters. The van der Waals surface area contributed by atoms with Crippen LogP contribution in [0.4, 0.5) is 0 Å². The Morgan fingerprint density at radius 1 is 1.15 bits per heavy atom. The Morgan fingerprint density at radius 3 is 2.62 bits per heavy atom. The van der Waals surface area contributed by atoms with Crippen molar-refractivity contribution in [3.63, 3.8) is 0 Å². The Balaban J connectivity index is 0.00000338. The van der Waals surface area contributed by atoms with Crippen molar-refractivity contribution < 1.29 is 4.79 Å². The number of aromatic nitrogens is 1. The molecule has 140 valence electrons. The number of halogens is 1. The summed E-state index contributed by atoms with van der Waals surface area (Å²) in [6.07, 6.45) is 0.800. The summed E-state index contributed by atoms with van der Waals surface area (Å²) < 4.78 is 0. The van der Waals surface area contributed by atoms with Gasteiger partial charge in [0.2, 0.25) is 0 Å². The minimum atomic E-state index is -0.0714. The van der Waals surface area contributed by atoms with E-state index >= 15 is 0 Å². The Kier molecular flexibility index (Phi) is 9.64. The van der Waals surface area contributed by atoms with Crippen molar-refractivity contribution in [2.24, 2.45) is 4.99 Å². The smallest absolute Gasteiger partial charge is 0.251 e. The van der Waals surface area contributed by atoms with E-state index in [1.54, 1.807) is 14.1 Å². The van der Waals surface area contributed by atoms with E-state index < -0.39 is 0 Å². The lowest BCUT2D eigenvalue weighted by molar-refractivity contribution is 0.0963. The number of pyridine rings is 1. The van der Waals surface area contributed by atoms with Crippen LogP contribution in [0.3, 0.4) is 0 Å². The number of aliphatic imine (C=N–C) groups is 1. The zero-order valence-electron chi connectivity index (χ0n) is 15.4. The molecule has 2 rings (SSSR count). The van der Waals surface area contributed by atoms with Gasteiger partial charge in [0.15, 0.2) is 5.96 Å². The molecule has 1 aromatic carbocycles. The maximum absolute atomic E-state index is 11.7. The summed E-state index contributed by atoms with van der Waals surface area (Å²) in [6.45, 7) is 3.31. The molecule has 1 amide bonds. The number of hydrogen-bond acceptors (Lipinski definition) is 3. The monoisotopic (exact) mass is 467 g/mol. The first-order valence-corrected chi connectivity index (χ1v) is 8.30. The van der Waals surface area contributed by atoms with Gasteiger partial charge in [-0.25, -0.2) is 0 Å². The van der Waals surface area contributed by atoms with Crippen LogP contribution in [0.1, 0.15) is 27.3 Å². The quantitative estimate of drug-likeness (QED) is 0.346. The average Bonchev–Trinajstić information content (AvgIpc) is 2.64. The Labute approximate surface area is 171 Å². The van der Waals surface area contributed by atoms with Crippen LogP contribution in [0.2, 0.25) is 0 Å². The second-order valence-electron chi connectivity index (χ2n) is 5.65. The number of carbonyl (C=O) groups is 1. The molecule has 1 heterocycles. The first kappa shape index (κ1) is 21.9. The van der Waals surface area contributed by atoms with Gasteiger partial charge in [-0.15, -0.1) is 24.0 Å². The van der Waals surface area contributed by atoms with Gasteiger partial charge in [0, 0.05) is 31.9 Å². The number of nitrogens with zero attached hydrogens (tertiary/aromatic N) is 2. The predicted molar refractivity (Wildman–Crippen MR) is 116 cm³/mol. The molecule has 2 aromatic rings. The van der Waals surface area contributed by atoms with Gasteiger partial charge in [0.1, 0.15) is 0 Å². The van der Waals surface area contributed by atoms with Crippen molar-refractivity contribution >= 4 is 35.8 Å². The lowest BCUT2D eigenvalue weighted by Gasteiger charge is -2.12. The lowest BCUT2D eigenvalue weighted by atomic mass is 10.1. The fourth-order valence-electron chi connectivity index (χ4n) is 2.43. The number of aryl methyl sites for hydroxylation is 1. The SMILES string of the molecule is CN=C(NCCc1cccc(C(=O)NC)c1)NCc1cccc(C)n1.I. The number of amides is 1. The second-order valence-corrected chi connectivity index (χ2v) is 5.65. The van der Waals surface area contributed by atoms with Gasteiger partial charge in [-0.1, -0.05) is 18.2 Å². The van der Waals surface area contributed by atoms with Crippen LogP contribution in [0.5, 0.6) is 0 Å². The van der Waals surface area contributed by atoms with E-state index in [-0.39, 0.29) is 29.9 Å². The van der Waals surface area contributed by atoms with Crippen LogP contribution in [-0.4, -0.2) is 37.5 Å². The van der Waals surface area contributed by atoms with E-state index in [0.29, 0.717) is 12.1 Å². The van der Waals surface area contributed by atoms with Gasteiger partial charge in [-0.2, -0.15) is 0 Å². The van der Waals surface area contributed by atoms with Crippen molar-refractivity contribution in [2.45, 2.75) is 19.9 Å². The van der Waals surface area contributed by atoms with E-state index in [0.717, 1.165) is 35.9 Å². The molecular formula is C19H26IN5O. The van der Waals surface area contributed by atoms with Crippen LogP contribution >= 0.6 is 24.0 Å². The summed E-state index contributed by atoms with van der Waals surface area (Å²) in [4.78, 5) is 20.4. The zero-order valence-corrected chi connectivity index (χ0v) is 17.7. The maximum atomic E-state index is 11.7. The molecule has 26 heavy (non-hydrogen) atoms. The summed E-state index contributed by atoms with van der Waals surface area (Å²) in [5, 5.41) is 9.16. The van der Waals surface area contributed by atoms with E-state index in [1.165, 1.54) is 0 Å². The summed E-state index contributed by atoms with van der Waals surface area (Å²) >= 11 is 0. The largest absolute Gasteiger partial charge is 0.356 e. The summed E-state index contributed by atoms with van der Waals surface area (Å²) in [5.74, 6) is 0.656. The fourth-order valence-corrected chi connectivity index (χ4v) is 2.43. The molecule has 6 nitrogen and oxygen atoms in total. The van der Waals surface area contributed by atoms with Crippen LogP contribution in [0.25, 0.3) is 0 Å². The third-order valence-electron chi connectivity index (χ3n) is 3.73. The van der Waals surface area contributed by atoms with Gasteiger partial charge >= 0.3 is 0 Å². The van der Waals surface area contributed by atoms with Crippen LogP contribution in [0.15, 0.2) is 47.5 Å². The molecule has 0 fully saturated rings. The van der Waals surface area contributed by atoms with E-state index in [4.69, 9.17) is 0 Å². The van der Waals surface area contributed by atoms with Crippen molar-refractivity contribution in [2.75, 3.05) is 20.6 Å². The molecule has 0 radical (unpaired) electrons. The first-order valence-electron chi connectivity index (χ1n) is 8.30. The first-order chi connectivity index (χ1) is 12.1. The zero-order chi connectivity index (χ0) is 18.1. The molecule has 7 heteroatoms. The van der Waals surface area contributed by atoms with Crippen molar-refractivity contribution in [3.05, 3.63) is 65.0 Å². The predicted octanol–water partition coefficient (Wildman–Crippen LogP) is 2.28. The maximum Gasteiger partial charge on any atom is 0.251 e. The molecule has 0 saturated heterocycles. The van der Waals surface area contributed by atoms with Crippen LogP contribution < -0.4 is 16.0 Å². The number of benzene rings is 1. The third-order valence-corrected chi connectivity index (χ3v) is 3.73. The van der Waals surface area contributed by atoms with Gasteiger partial charge in [0.05, 0.1) is 12.2 Å². The molecule has 0 saturated carbocycles. The highest BCUT2D eigenvalue weighted by Gasteiger charge is 2.04. The van der Waals surface area contributed by atoms with Crippen LogP contribution in [-0.2, 0) is 13.0 Å². The molecule has 3 N–H and O–H groups in total. The minimum absolute atomic E-state index is 0. The van der Waals surface area contributed by atoms with Crippen LogP contribution in [0, 0.1) is 6.92 Å². The average molecular weight is 467 g/mol. The molecule has 0 bridgehead atoms. The fraction of sp³-hybridized carbons (Fsp3) is 0.316. The summed E-state index contributed by atoms with van der Waals surface area (Å²) in [7, 11) is 3.38. The summed E-state index contributed by atoms with van der Waals surface area (Å²) in [6, 6.07) is 13.6. The Hall–Kier alpha value is -2.16. The topological polar surface area (TPSA) is 78.4 Å². The molecule has 0 aliphatic rings. The van der Waals surface area contributed by atoms with Crippen molar-refractivity contribution in [1.29, 1.82) is 0 Å². The molecule has 0 aliphatic heterocycles. The van der Waals surface area contributed by atoms with Gasteiger partial charge in [0.25, 0.3) is 5.91 Å². The number of carbonyl (C=O) groups excluding carboxylic acids is 1. The van der Waals surface area contributed by atoms with Gasteiger partial charge in [-0.3, -0.25) is 14.8 Å². The normalized spacial score (nSPS) is 10.7. The van der Waals surface area contributed by atoms with E-state index in [2.05, 4.69) is 25.9 Å². The summed E-state index contributed by atoms with van der Waals surface area (Å²) in [5.41, 5.74) is 3.75. The Bertz CT molecular complexity index is 748. The second kappa shape index (κ2) is 11.5. The van der Waals surface area contributed by atoms with Gasteiger partial charge in [-0.05, 0) is 43.2 Å². The number of guanidine groups is 1. The standard InChI is InChI=1S/C19H25N5O.HI/c1-14-6-4-9-17(24-14)13-23-19(21-3)22-11-10-15-7-5-8-16(12-15)18(25)20-2;/h4-9,12H,10-11,13H2,1-3H3,(H,20,25)(H2,21,22,23);1H. The van der Waals surface area contributed by atoms with E-state index in [9.17, 15) is 4.79 Å². The minimum Gasteiger partial charge on any atom is -0.356 e. The molecule has 0 atom stereocenters. The number of hydrogen-bond donors (Lipinski definition) is 3. The highest BCUT2D eigenvalue weighted by Crippen LogP contribution is 2.05. The molecule has 0 spiro atoms.